The molecule has 5 nitrogen and oxygen atoms in total. The van der Waals surface area contributed by atoms with Gasteiger partial charge in [-0.1, -0.05) is 29.8 Å². The maximum absolute atomic E-state index is 12.4. The molecule has 25 heavy (non-hydrogen) atoms. The monoisotopic (exact) mass is 358 g/mol. The molecule has 1 aliphatic rings. The normalized spacial score (nSPS) is 13.3. The molecule has 6 heteroatoms. The number of aliphatic hydroxyl groups excluding tert-OH is 1. The summed E-state index contributed by atoms with van der Waals surface area (Å²) >= 11 is 5.85. The molecule has 0 bridgehead atoms. The van der Waals surface area contributed by atoms with E-state index < -0.39 is 6.61 Å². The van der Waals surface area contributed by atoms with Gasteiger partial charge in [0.05, 0.1) is 0 Å². The zero-order chi connectivity index (χ0) is 17.8. The van der Waals surface area contributed by atoms with E-state index in [-0.39, 0.29) is 11.8 Å². The molecule has 2 amide bonds. The molecule has 0 fully saturated rings. The summed E-state index contributed by atoms with van der Waals surface area (Å²) in [6.45, 7) is 0.996. The fourth-order valence-corrected chi connectivity index (χ4v) is 3.02. The molecule has 0 radical (unpaired) electrons. The van der Waals surface area contributed by atoms with Gasteiger partial charge in [-0.15, -0.1) is 0 Å². The molecule has 0 atom stereocenters. The number of hydrogen-bond acceptors (Lipinski definition) is 3. The van der Waals surface area contributed by atoms with Crippen molar-refractivity contribution in [2.24, 2.45) is 0 Å². The summed E-state index contributed by atoms with van der Waals surface area (Å²) in [7, 11) is 0. The van der Waals surface area contributed by atoms with Crippen LogP contribution in [0.15, 0.2) is 42.5 Å². The van der Waals surface area contributed by atoms with Crippen LogP contribution in [-0.4, -0.2) is 35.0 Å². The van der Waals surface area contributed by atoms with Gasteiger partial charge >= 0.3 is 0 Å². The fourth-order valence-electron chi connectivity index (χ4n) is 2.89. The van der Waals surface area contributed by atoms with Crippen LogP contribution in [0.4, 0.5) is 0 Å². The lowest BCUT2D eigenvalue weighted by molar-refractivity contribution is -0.135. The molecule has 0 saturated heterocycles. The Balaban J connectivity index is 1.64. The number of hydrogen-bond donors (Lipinski definition) is 2. The summed E-state index contributed by atoms with van der Waals surface area (Å²) < 4.78 is 0. The van der Waals surface area contributed by atoms with E-state index in [1.165, 1.54) is 0 Å². The van der Waals surface area contributed by atoms with Crippen molar-refractivity contribution in [2.75, 3.05) is 13.2 Å². The van der Waals surface area contributed by atoms with Crippen molar-refractivity contribution in [1.29, 1.82) is 0 Å². The zero-order valence-corrected chi connectivity index (χ0v) is 14.4. The lowest BCUT2D eigenvalue weighted by atomic mass is 9.97. The standard InChI is InChI=1S/C19H19ClN2O3/c20-17-5-1-13(2-6-17)10-21-19(25)15-3-4-16-11-22(18(24)12-23)8-7-14(16)9-15/h1-6,9,23H,7-8,10-12H2,(H,21,25). The van der Waals surface area contributed by atoms with Gasteiger partial charge in [0.25, 0.3) is 5.91 Å². The number of aliphatic hydroxyl groups is 1. The number of carbonyl (C=O) groups is 2. The summed E-state index contributed by atoms with van der Waals surface area (Å²) in [4.78, 5) is 25.6. The SMILES string of the molecule is O=C(NCc1ccc(Cl)cc1)c1ccc2c(c1)CCN(C(=O)CO)C2. The number of halogens is 1. The van der Waals surface area contributed by atoms with Gasteiger partial charge in [-0.25, -0.2) is 0 Å². The quantitative estimate of drug-likeness (QED) is 0.879. The molecule has 0 unspecified atom stereocenters. The third kappa shape index (κ3) is 4.18. The van der Waals surface area contributed by atoms with E-state index in [4.69, 9.17) is 16.7 Å². The number of rotatable bonds is 4. The summed E-state index contributed by atoms with van der Waals surface area (Å²) in [5.74, 6) is -0.401. The van der Waals surface area contributed by atoms with Gasteiger partial charge in [0.2, 0.25) is 5.91 Å². The van der Waals surface area contributed by atoms with Crippen molar-refractivity contribution < 1.29 is 14.7 Å². The highest BCUT2D eigenvalue weighted by atomic mass is 35.5. The van der Waals surface area contributed by atoms with Crippen molar-refractivity contribution in [1.82, 2.24) is 10.2 Å². The minimum atomic E-state index is -0.472. The number of amides is 2. The van der Waals surface area contributed by atoms with Crippen molar-refractivity contribution in [3.8, 4) is 0 Å². The van der Waals surface area contributed by atoms with Crippen LogP contribution < -0.4 is 5.32 Å². The van der Waals surface area contributed by atoms with Gasteiger partial charge in [-0.2, -0.15) is 0 Å². The lowest BCUT2D eigenvalue weighted by Gasteiger charge is -2.28. The first-order chi connectivity index (χ1) is 12.1. The van der Waals surface area contributed by atoms with Crippen LogP contribution in [0.3, 0.4) is 0 Å². The predicted molar refractivity (Wildman–Crippen MR) is 95.3 cm³/mol. The van der Waals surface area contributed by atoms with Gasteiger partial charge < -0.3 is 15.3 Å². The summed E-state index contributed by atoms with van der Waals surface area (Å²) in [5.41, 5.74) is 3.67. The third-order valence-corrected chi connectivity index (χ3v) is 4.59. The molecule has 1 aliphatic heterocycles. The van der Waals surface area contributed by atoms with Crippen LogP contribution in [0.5, 0.6) is 0 Å². The van der Waals surface area contributed by atoms with Crippen LogP contribution >= 0.6 is 11.6 Å². The number of fused-ring (bicyclic) bond motifs is 1. The van der Waals surface area contributed by atoms with E-state index in [0.29, 0.717) is 36.6 Å². The molecule has 1 heterocycles. The van der Waals surface area contributed by atoms with E-state index in [9.17, 15) is 9.59 Å². The van der Waals surface area contributed by atoms with E-state index in [1.807, 2.05) is 24.3 Å². The Morgan fingerprint density at radius 1 is 1.12 bits per heavy atom. The highest BCUT2D eigenvalue weighted by Gasteiger charge is 2.21. The van der Waals surface area contributed by atoms with Crippen LogP contribution in [0.2, 0.25) is 5.02 Å². The Bertz CT molecular complexity index is 790. The second-order valence-corrected chi connectivity index (χ2v) is 6.45. The molecular formula is C19H19ClN2O3. The van der Waals surface area contributed by atoms with E-state index >= 15 is 0 Å². The first-order valence-electron chi connectivity index (χ1n) is 8.10. The second kappa shape index (κ2) is 7.68. The lowest BCUT2D eigenvalue weighted by Crippen LogP contribution is -2.37. The highest BCUT2D eigenvalue weighted by molar-refractivity contribution is 6.30. The molecule has 3 rings (SSSR count). The van der Waals surface area contributed by atoms with Crippen molar-refractivity contribution in [3.63, 3.8) is 0 Å². The molecule has 2 aromatic rings. The number of benzene rings is 2. The highest BCUT2D eigenvalue weighted by Crippen LogP contribution is 2.20. The van der Waals surface area contributed by atoms with Crippen LogP contribution in [0, 0.1) is 0 Å². The molecule has 0 aliphatic carbocycles. The first kappa shape index (κ1) is 17.5. The molecule has 2 N–H and O–H groups in total. The number of nitrogens with one attached hydrogen (secondary N) is 1. The van der Waals surface area contributed by atoms with Gasteiger partial charge in [0.15, 0.2) is 0 Å². The molecular weight excluding hydrogens is 340 g/mol. The maximum atomic E-state index is 12.4. The predicted octanol–water partition coefficient (Wildman–Crippen LogP) is 2.15. The summed E-state index contributed by atoms with van der Waals surface area (Å²) in [5, 5.41) is 12.5. The van der Waals surface area contributed by atoms with Gasteiger partial charge in [0.1, 0.15) is 6.61 Å². The van der Waals surface area contributed by atoms with Crippen LogP contribution in [-0.2, 0) is 24.3 Å². The summed E-state index contributed by atoms with van der Waals surface area (Å²) in [6.07, 6.45) is 0.680. The largest absolute Gasteiger partial charge is 0.387 e. The Hall–Kier alpha value is -2.37. The topological polar surface area (TPSA) is 69.6 Å². The minimum Gasteiger partial charge on any atom is -0.387 e. The second-order valence-electron chi connectivity index (χ2n) is 6.02. The minimum absolute atomic E-state index is 0.133. The van der Waals surface area contributed by atoms with Crippen molar-refractivity contribution in [2.45, 2.75) is 19.5 Å². The van der Waals surface area contributed by atoms with E-state index in [0.717, 1.165) is 16.7 Å². The Labute approximate surface area is 151 Å². The molecule has 0 saturated carbocycles. The average molecular weight is 359 g/mol. The number of nitrogens with zero attached hydrogens (tertiary/aromatic N) is 1. The molecule has 2 aromatic carbocycles. The van der Waals surface area contributed by atoms with E-state index in [1.54, 1.807) is 23.1 Å². The van der Waals surface area contributed by atoms with Gasteiger partial charge in [0, 0.05) is 30.2 Å². The van der Waals surface area contributed by atoms with Crippen molar-refractivity contribution in [3.05, 3.63) is 69.7 Å². The van der Waals surface area contributed by atoms with Crippen LogP contribution in [0.25, 0.3) is 0 Å². The van der Waals surface area contributed by atoms with E-state index in [2.05, 4.69) is 5.32 Å². The summed E-state index contributed by atoms with van der Waals surface area (Å²) in [6, 6.07) is 12.9. The smallest absolute Gasteiger partial charge is 0.251 e. The third-order valence-electron chi connectivity index (χ3n) is 4.34. The fraction of sp³-hybridized carbons (Fsp3) is 0.263. The maximum Gasteiger partial charge on any atom is 0.251 e. The van der Waals surface area contributed by atoms with Crippen LogP contribution in [0.1, 0.15) is 27.0 Å². The van der Waals surface area contributed by atoms with Crippen molar-refractivity contribution >= 4 is 23.4 Å². The zero-order valence-electron chi connectivity index (χ0n) is 13.7. The first-order valence-corrected chi connectivity index (χ1v) is 8.47. The Morgan fingerprint density at radius 2 is 1.88 bits per heavy atom. The van der Waals surface area contributed by atoms with Gasteiger partial charge in [-0.3, -0.25) is 9.59 Å². The molecule has 0 aromatic heterocycles. The molecule has 130 valence electrons. The molecule has 0 spiro atoms. The Morgan fingerprint density at radius 3 is 2.60 bits per heavy atom. The Kier molecular flexibility index (Phi) is 5.36. The number of carbonyl (C=O) groups excluding carboxylic acids is 2. The van der Waals surface area contributed by atoms with Gasteiger partial charge in [-0.05, 0) is 47.4 Å². The average Bonchev–Trinajstić information content (AvgIpc) is 2.65.